The van der Waals surface area contributed by atoms with Crippen LogP contribution in [0.15, 0.2) is 39.2 Å². The molecule has 0 aromatic carbocycles. The Bertz CT molecular complexity index is 749. The Morgan fingerprint density at radius 2 is 2.10 bits per heavy atom. The number of hydrogen-bond donors (Lipinski definition) is 3. The number of pyridine rings is 1. The number of hydrogen-bond acceptors (Lipinski definition) is 6. The van der Waals surface area contributed by atoms with Gasteiger partial charge in [0.25, 0.3) is 5.56 Å². The second kappa shape index (κ2) is 6.89. The molecule has 0 saturated carbocycles. The van der Waals surface area contributed by atoms with Gasteiger partial charge in [-0.25, -0.2) is 15.3 Å². The molecule has 2 heterocycles. The standard InChI is InChI=1S/C12H12N6O3/c19-10(17-14-7-8-3-5-13-6-4-8)2-1-9-11(20)15-12(21)18-16-9/h3-7H,1-2H2,(H,17,19)(H2,15,18,20,21)/b14-7+. The number of aromatic nitrogens is 4. The molecule has 108 valence electrons. The predicted molar refractivity (Wildman–Crippen MR) is 73.8 cm³/mol. The molecule has 21 heavy (non-hydrogen) atoms. The Morgan fingerprint density at radius 3 is 2.81 bits per heavy atom. The van der Waals surface area contributed by atoms with Gasteiger partial charge in [-0.05, 0) is 17.7 Å². The van der Waals surface area contributed by atoms with Gasteiger partial charge in [0.05, 0.1) is 6.21 Å². The van der Waals surface area contributed by atoms with E-state index in [9.17, 15) is 14.4 Å². The molecule has 2 aromatic rings. The summed E-state index contributed by atoms with van der Waals surface area (Å²) >= 11 is 0. The molecule has 0 aliphatic heterocycles. The number of nitrogens with one attached hydrogen (secondary N) is 3. The van der Waals surface area contributed by atoms with Crippen LogP contribution in [-0.2, 0) is 11.2 Å². The van der Waals surface area contributed by atoms with Crippen LogP contribution in [0, 0.1) is 0 Å². The van der Waals surface area contributed by atoms with Gasteiger partial charge in [0.15, 0.2) is 0 Å². The molecule has 0 fully saturated rings. The Kier molecular flexibility index (Phi) is 4.70. The molecule has 0 aliphatic carbocycles. The first-order valence-corrected chi connectivity index (χ1v) is 6.05. The quantitative estimate of drug-likeness (QED) is 0.476. The third-order valence-corrected chi connectivity index (χ3v) is 2.48. The average molecular weight is 288 g/mol. The molecular weight excluding hydrogens is 276 g/mol. The molecule has 2 aromatic heterocycles. The van der Waals surface area contributed by atoms with E-state index in [1.165, 1.54) is 6.21 Å². The van der Waals surface area contributed by atoms with Gasteiger partial charge in [0, 0.05) is 25.2 Å². The Hall–Kier alpha value is -3.10. The zero-order chi connectivity index (χ0) is 15.1. The van der Waals surface area contributed by atoms with Crippen molar-refractivity contribution in [3.63, 3.8) is 0 Å². The number of H-pyrrole nitrogens is 2. The average Bonchev–Trinajstić information content (AvgIpc) is 2.47. The first-order valence-electron chi connectivity index (χ1n) is 6.05. The van der Waals surface area contributed by atoms with E-state index in [1.807, 2.05) is 4.98 Å². The summed E-state index contributed by atoms with van der Waals surface area (Å²) < 4.78 is 0. The fraction of sp³-hybridized carbons (Fsp3) is 0.167. The van der Waals surface area contributed by atoms with Crippen molar-refractivity contribution < 1.29 is 4.79 Å². The van der Waals surface area contributed by atoms with Crippen LogP contribution in [0.25, 0.3) is 0 Å². The van der Waals surface area contributed by atoms with Crippen molar-refractivity contribution in [3.05, 3.63) is 56.6 Å². The zero-order valence-corrected chi connectivity index (χ0v) is 10.9. The molecule has 0 aliphatic rings. The van der Waals surface area contributed by atoms with E-state index in [2.05, 4.69) is 25.7 Å². The number of amides is 1. The molecule has 3 N–H and O–H groups in total. The summed E-state index contributed by atoms with van der Waals surface area (Å²) in [5.41, 5.74) is 1.92. The van der Waals surface area contributed by atoms with Gasteiger partial charge in [0.1, 0.15) is 5.69 Å². The summed E-state index contributed by atoms with van der Waals surface area (Å²) in [6.45, 7) is 0. The lowest BCUT2D eigenvalue weighted by molar-refractivity contribution is -0.121. The second-order valence-corrected chi connectivity index (χ2v) is 4.03. The predicted octanol–water partition coefficient (Wildman–Crippen LogP) is -1.06. The number of carbonyl (C=O) groups excluding carboxylic acids is 1. The fourth-order valence-electron chi connectivity index (χ4n) is 1.46. The molecule has 0 spiro atoms. The number of hydrazone groups is 1. The van der Waals surface area contributed by atoms with Crippen molar-refractivity contribution >= 4 is 12.1 Å². The highest BCUT2D eigenvalue weighted by molar-refractivity contribution is 5.82. The molecule has 9 nitrogen and oxygen atoms in total. The van der Waals surface area contributed by atoms with Gasteiger partial charge >= 0.3 is 5.69 Å². The third kappa shape index (κ3) is 4.49. The third-order valence-electron chi connectivity index (χ3n) is 2.48. The van der Waals surface area contributed by atoms with Crippen molar-refractivity contribution in [1.82, 2.24) is 25.6 Å². The van der Waals surface area contributed by atoms with Gasteiger partial charge in [-0.15, -0.1) is 0 Å². The summed E-state index contributed by atoms with van der Waals surface area (Å²) in [6.07, 6.45) is 4.82. The number of nitrogens with zero attached hydrogens (tertiary/aromatic N) is 3. The monoisotopic (exact) mass is 288 g/mol. The normalized spacial score (nSPS) is 10.7. The first kappa shape index (κ1) is 14.3. The lowest BCUT2D eigenvalue weighted by Crippen LogP contribution is -2.28. The number of carbonyl (C=O) groups is 1. The first-order chi connectivity index (χ1) is 10.1. The van der Waals surface area contributed by atoms with Crippen LogP contribution in [0.1, 0.15) is 17.7 Å². The van der Waals surface area contributed by atoms with Crippen LogP contribution in [0.3, 0.4) is 0 Å². The van der Waals surface area contributed by atoms with Crippen LogP contribution in [0.4, 0.5) is 0 Å². The van der Waals surface area contributed by atoms with E-state index in [1.54, 1.807) is 24.5 Å². The Balaban J connectivity index is 1.84. The SMILES string of the molecule is O=C(CCc1n[nH]c(=O)[nH]c1=O)N/N=C/c1ccncc1. The van der Waals surface area contributed by atoms with Gasteiger partial charge in [-0.1, -0.05) is 0 Å². The summed E-state index contributed by atoms with van der Waals surface area (Å²) in [6, 6.07) is 3.47. The highest BCUT2D eigenvalue weighted by Crippen LogP contribution is 1.92. The maximum atomic E-state index is 11.5. The molecule has 1 amide bonds. The van der Waals surface area contributed by atoms with Gasteiger partial charge < -0.3 is 0 Å². The summed E-state index contributed by atoms with van der Waals surface area (Å²) in [4.78, 5) is 39.5. The maximum Gasteiger partial charge on any atom is 0.342 e. The van der Waals surface area contributed by atoms with Gasteiger partial charge in [-0.3, -0.25) is 19.6 Å². The van der Waals surface area contributed by atoms with E-state index in [-0.39, 0.29) is 24.4 Å². The molecule has 0 bridgehead atoms. The number of aryl methyl sites for hydroxylation is 1. The maximum absolute atomic E-state index is 11.5. The van der Waals surface area contributed by atoms with Crippen molar-refractivity contribution in [3.8, 4) is 0 Å². The zero-order valence-electron chi connectivity index (χ0n) is 10.9. The van der Waals surface area contributed by atoms with Crippen LogP contribution in [-0.4, -0.2) is 32.3 Å². The molecule has 0 unspecified atom stereocenters. The highest BCUT2D eigenvalue weighted by Gasteiger charge is 2.06. The van der Waals surface area contributed by atoms with Crippen LogP contribution >= 0.6 is 0 Å². The molecule has 0 radical (unpaired) electrons. The minimum Gasteiger partial charge on any atom is -0.273 e. The van der Waals surface area contributed by atoms with Crippen molar-refractivity contribution in [2.24, 2.45) is 5.10 Å². The Morgan fingerprint density at radius 1 is 1.33 bits per heavy atom. The van der Waals surface area contributed by atoms with Crippen molar-refractivity contribution in [2.75, 3.05) is 0 Å². The minimum absolute atomic E-state index is 0.0236. The van der Waals surface area contributed by atoms with E-state index >= 15 is 0 Å². The lowest BCUT2D eigenvalue weighted by atomic mass is 10.2. The summed E-state index contributed by atoms with van der Waals surface area (Å²) in [7, 11) is 0. The van der Waals surface area contributed by atoms with Crippen LogP contribution in [0.5, 0.6) is 0 Å². The van der Waals surface area contributed by atoms with Crippen molar-refractivity contribution in [1.29, 1.82) is 0 Å². The van der Waals surface area contributed by atoms with Gasteiger partial charge in [-0.2, -0.15) is 10.2 Å². The van der Waals surface area contributed by atoms with Gasteiger partial charge in [0.2, 0.25) is 5.91 Å². The smallest absolute Gasteiger partial charge is 0.273 e. The van der Waals surface area contributed by atoms with E-state index in [0.29, 0.717) is 0 Å². The van der Waals surface area contributed by atoms with E-state index in [4.69, 9.17) is 0 Å². The lowest BCUT2D eigenvalue weighted by Gasteiger charge is -1.99. The summed E-state index contributed by atoms with van der Waals surface area (Å²) in [5.74, 6) is -0.368. The molecule has 0 atom stereocenters. The molecule has 9 heteroatoms. The topological polar surface area (TPSA) is 133 Å². The Labute approximate surface area is 118 Å². The molecule has 0 saturated heterocycles. The minimum atomic E-state index is -0.685. The fourth-order valence-corrected chi connectivity index (χ4v) is 1.46. The van der Waals surface area contributed by atoms with E-state index < -0.39 is 11.2 Å². The number of aromatic amines is 2. The molecule has 2 rings (SSSR count). The van der Waals surface area contributed by atoms with Crippen molar-refractivity contribution in [2.45, 2.75) is 12.8 Å². The second-order valence-electron chi connectivity index (χ2n) is 4.03. The highest BCUT2D eigenvalue weighted by atomic mass is 16.2. The summed E-state index contributed by atoms with van der Waals surface area (Å²) in [5, 5.41) is 9.45. The van der Waals surface area contributed by atoms with Crippen LogP contribution in [0.2, 0.25) is 0 Å². The van der Waals surface area contributed by atoms with E-state index in [0.717, 1.165) is 5.56 Å². The van der Waals surface area contributed by atoms with Crippen LogP contribution < -0.4 is 16.7 Å². The molecular formula is C12H12N6O3. The number of rotatable bonds is 5. The largest absolute Gasteiger partial charge is 0.342 e.